The predicted molar refractivity (Wildman–Crippen MR) is 110 cm³/mol. The number of aliphatic hydroxyl groups excluding tert-OH is 1. The Bertz CT molecular complexity index is 783. The fourth-order valence-corrected chi connectivity index (χ4v) is 3.98. The average Bonchev–Trinajstić information content (AvgIpc) is 2.93. The van der Waals surface area contributed by atoms with E-state index in [1.165, 1.54) is 0 Å². The topological polar surface area (TPSA) is 88.1 Å². The molecule has 3 rings (SSSR count). The van der Waals surface area contributed by atoms with Gasteiger partial charge in [0.25, 0.3) is 5.91 Å². The van der Waals surface area contributed by atoms with Crippen LogP contribution in [-0.4, -0.2) is 53.8 Å². The molecule has 0 aromatic heterocycles. The van der Waals surface area contributed by atoms with E-state index in [-0.39, 0.29) is 19.1 Å². The monoisotopic (exact) mass is 402 g/mol. The second-order valence-electron chi connectivity index (χ2n) is 7.99. The molecule has 1 heterocycles. The summed E-state index contributed by atoms with van der Waals surface area (Å²) in [7, 11) is 1.55. The minimum absolute atomic E-state index is 0.0551. The Morgan fingerprint density at radius 1 is 1.31 bits per heavy atom. The summed E-state index contributed by atoms with van der Waals surface area (Å²) in [5.41, 5.74) is 0.180. The summed E-state index contributed by atoms with van der Waals surface area (Å²) in [5.74, 6) is 1.38. The highest BCUT2D eigenvalue weighted by molar-refractivity contribution is 6.07. The minimum Gasteiger partial charge on any atom is -0.493 e. The Morgan fingerprint density at radius 2 is 2.03 bits per heavy atom. The lowest BCUT2D eigenvalue weighted by Gasteiger charge is -2.33. The zero-order valence-electron chi connectivity index (χ0n) is 17.3. The number of allylic oxidation sites excluding steroid dienone is 1. The average molecular weight is 402 g/mol. The van der Waals surface area contributed by atoms with E-state index in [1.54, 1.807) is 13.2 Å². The number of hydrogen-bond donors (Lipinski definition) is 2. The molecule has 2 aliphatic rings. The molecule has 7 nitrogen and oxygen atoms in total. The first-order chi connectivity index (χ1) is 13.9. The van der Waals surface area contributed by atoms with Crippen LogP contribution in [0.3, 0.4) is 0 Å². The molecule has 3 amide bonds. The number of urea groups is 1. The third-order valence-electron chi connectivity index (χ3n) is 5.75. The summed E-state index contributed by atoms with van der Waals surface area (Å²) >= 11 is 0. The Balaban J connectivity index is 1.59. The van der Waals surface area contributed by atoms with Crippen LogP contribution in [-0.2, 0) is 4.79 Å². The van der Waals surface area contributed by atoms with Gasteiger partial charge in [-0.25, -0.2) is 4.79 Å². The molecule has 158 valence electrons. The van der Waals surface area contributed by atoms with Crippen LogP contribution >= 0.6 is 0 Å². The molecule has 1 aliphatic heterocycles. The van der Waals surface area contributed by atoms with Gasteiger partial charge in [-0.05, 0) is 56.2 Å². The molecule has 1 atom stereocenters. The van der Waals surface area contributed by atoms with Crippen molar-refractivity contribution < 1.29 is 24.2 Å². The number of β-amino-alcohol motifs (C(OH)–C–C–N with tert-alkyl or cyclic N) is 1. The van der Waals surface area contributed by atoms with Gasteiger partial charge in [-0.1, -0.05) is 25.1 Å². The Morgan fingerprint density at radius 3 is 2.69 bits per heavy atom. The zero-order valence-corrected chi connectivity index (χ0v) is 17.3. The second kappa shape index (κ2) is 8.86. The highest BCUT2D eigenvalue weighted by atomic mass is 16.5. The molecule has 1 aromatic rings. The number of nitrogens with zero attached hydrogens (tertiary/aromatic N) is 1. The first-order valence-electron chi connectivity index (χ1n) is 10.1. The van der Waals surface area contributed by atoms with E-state index in [9.17, 15) is 14.7 Å². The Kier molecular flexibility index (Phi) is 6.47. The Hall–Kier alpha value is -2.54. The molecule has 1 unspecified atom stereocenters. The van der Waals surface area contributed by atoms with Gasteiger partial charge in [-0.3, -0.25) is 9.69 Å². The SMILES string of the molecule is CC=Cc1ccc(OCC(O)CN2C(=O)NC3(CCC(C)CC3)C2=O)c(OC)c1. The molecular formula is C22H30N2O5. The number of carbonyl (C=O) groups excluding carboxylic acids is 2. The van der Waals surface area contributed by atoms with Crippen LogP contribution in [0.2, 0.25) is 0 Å². The number of aliphatic hydroxyl groups is 1. The summed E-state index contributed by atoms with van der Waals surface area (Å²) in [5, 5.41) is 13.3. The van der Waals surface area contributed by atoms with Gasteiger partial charge < -0.3 is 19.9 Å². The van der Waals surface area contributed by atoms with Crippen molar-refractivity contribution >= 4 is 18.0 Å². The van der Waals surface area contributed by atoms with Gasteiger partial charge in [0, 0.05) is 0 Å². The van der Waals surface area contributed by atoms with Crippen molar-refractivity contribution in [1.29, 1.82) is 0 Å². The van der Waals surface area contributed by atoms with E-state index >= 15 is 0 Å². The molecule has 7 heteroatoms. The number of methoxy groups -OCH3 is 1. The number of ether oxygens (including phenoxy) is 2. The first kappa shape index (κ1) is 21.2. The summed E-state index contributed by atoms with van der Waals surface area (Å²) in [6.45, 7) is 3.94. The number of nitrogens with one attached hydrogen (secondary N) is 1. The fraction of sp³-hybridized carbons (Fsp3) is 0.545. The molecule has 0 radical (unpaired) electrons. The Labute approximate surface area is 171 Å². The molecule has 1 spiro atoms. The van der Waals surface area contributed by atoms with Crippen LogP contribution in [0.5, 0.6) is 11.5 Å². The molecule has 2 N–H and O–H groups in total. The quantitative estimate of drug-likeness (QED) is 0.685. The van der Waals surface area contributed by atoms with Gasteiger partial charge in [0.1, 0.15) is 18.2 Å². The van der Waals surface area contributed by atoms with Crippen LogP contribution in [0.1, 0.15) is 45.1 Å². The molecule has 2 fully saturated rings. The normalized spacial score (nSPS) is 25.5. The van der Waals surface area contributed by atoms with Crippen molar-refractivity contribution in [2.24, 2.45) is 5.92 Å². The standard InChI is InChI=1S/C22H30N2O5/c1-4-5-16-6-7-18(19(12-16)28-3)29-14-17(25)13-24-20(26)22(23-21(24)27)10-8-15(2)9-11-22/h4-7,12,15,17,25H,8-11,13-14H2,1-3H3,(H,23,27). The van der Waals surface area contributed by atoms with Crippen LogP contribution < -0.4 is 14.8 Å². The van der Waals surface area contributed by atoms with Crippen molar-refractivity contribution in [2.45, 2.75) is 51.2 Å². The lowest BCUT2D eigenvalue weighted by molar-refractivity contribution is -0.133. The maximum atomic E-state index is 12.9. The molecule has 1 saturated heterocycles. The number of benzene rings is 1. The predicted octanol–water partition coefficient (Wildman–Crippen LogP) is 2.97. The van der Waals surface area contributed by atoms with Gasteiger partial charge in [-0.2, -0.15) is 0 Å². The summed E-state index contributed by atoms with van der Waals surface area (Å²) in [4.78, 5) is 26.4. The van der Waals surface area contributed by atoms with E-state index < -0.39 is 17.7 Å². The largest absolute Gasteiger partial charge is 0.493 e. The van der Waals surface area contributed by atoms with Crippen LogP contribution in [0.4, 0.5) is 4.79 Å². The smallest absolute Gasteiger partial charge is 0.325 e. The van der Waals surface area contributed by atoms with E-state index in [2.05, 4.69) is 12.2 Å². The van der Waals surface area contributed by atoms with E-state index in [1.807, 2.05) is 31.2 Å². The van der Waals surface area contributed by atoms with Gasteiger partial charge in [0.05, 0.1) is 13.7 Å². The number of carbonyl (C=O) groups is 2. The van der Waals surface area contributed by atoms with E-state index in [0.717, 1.165) is 23.3 Å². The zero-order chi connectivity index (χ0) is 21.0. The van der Waals surface area contributed by atoms with Gasteiger partial charge >= 0.3 is 6.03 Å². The number of amides is 3. The number of hydrogen-bond acceptors (Lipinski definition) is 5. The highest BCUT2D eigenvalue weighted by Crippen LogP contribution is 2.36. The van der Waals surface area contributed by atoms with Crippen molar-refractivity contribution in [2.75, 3.05) is 20.3 Å². The summed E-state index contributed by atoms with van der Waals surface area (Å²) < 4.78 is 11.0. The van der Waals surface area contributed by atoms with Crippen LogP contribution in [0.25, 0.3) is 6.08 Å². The summed E-state index contributed by atoms with van der Waals surface area (Å²) in [6.07, 6.45) is 6.00. The van der Waals surface area contributed by atoms with E-state index in [4.69, 9.17) is 9.47 Å². The number of rotatable bonds is 7. The molecule has 29 heavy (non-hydrogen) atoms. The lowest BCUT2D eigenvalue weighted by Crippen LogP contribution is -2.49. The second-order valence-corrected chi connectivity index (χ2v) is 7.99. The van der Waals surface area contributed by atoms with Crippen molar-refractivity contribution in [3.63, 3.8) is 0 Å². The van der Waals surface area contributed by atoms with Gasteiger partial charge in [-0.15, -0.1) is 0 Å². The third-order valence-corrected chi connectivity index (χ3v) is 5.75. The van der Waals surface area contributed by atoms with Crippen molar-refractivity contribution in [3.05, 3.63) is 29.8 Å². The maximum absolute atomic E-state index is 12.9. The van der Waals surface area contributed by atoms with E-state index in [0.29, 0.717) is 30.3 Å². The fourth-order valence-electron chi connectivity index (χ4n) is 3.98. The van der Waals surface area contributed by atoms with Crippen LogP contribution in [0, 0.1) is 5.92 Å². The molecule has 1 aliphatic carbocycles. The highest BCUT2D eigenvalue weighted by Gasteiger charge is 2.52. The number of imide groups is 1. The lowest BCUT2D eigenvalue weighted by atomic mass is 9.77. The molecule has 1 aromatic carbocycles. The van der Waals surface area contributed by atoms with Crippen LogP contribution in [0.15, 0.2) is 24.3 Å². The first-order valence-corrected chi connectivity index (χ1v) is 10.1. The molecule has 1 saturated carbocycles. The van der Waals surface area contributed by atoms with Gasteiger partial charge in [0.15, 0.2) is 11.5 Å². The summed E-state index contributed by atoms with van der Waals surface area (Å²) in [6, 6.07) is 5.06. The maximum Gasteiger partial charge on any atom is 0.325 e. The van der Waals surface area contributed by atoms with Gasteiger partial charge in [0.2, 0.25) is 0 Å². The van der Waals surface area contributed by atoms with Crippen molar-refractivity contribution in [1.82, 2.24) is 10.2 Å². The molecular weight excluding hydrogens is 372 g/mol. The molecule has 0 bridgehead atoms. The third kappa shape index (κ3) is 4.56. The minimum atomic E-state index is -0.998. The van der Waals surface area contributed by atoms with Crippen molar-refractivity contribution in [3.8, 4) is 11.5 Å².